The zero-order valence-corrected chi connectivity index (χ0v) is 16.6. The van der Waals surface area contributed by atoms with Crippen LogP contribution in [-0.4, -0.2) is 52.4 Å². The van der Waals surface area contributed by atoms with Crippen molar-refractivity contribution in [3.05, 3.63) is 52.6 Å². The van der Waals surface area contributed by atoms with Crippen LogP contribution in [0.5, 0.6) is 0 Å². The maximum atomic E-state index is 13.2. The van der Waals surface area contributed by atoms with Crippen LogP contribution in [0.1, 0.15) is 12.5 Å². The van der Waals surface area contributed by atoms with E-state index in [0.29, 0.717) is 11.3 Å². The minimum absolute atomic E-state index is 0.0237. The molecule has 0 fully saturated rings. The van der Waals surface area contributed by atoms with E-state index in [4.69, 9.17) is 24.7 Å². The highest BCUT2D eigenvalue weighted by atomic mass is 16.6. The zero-order chi connectivity index (χ0) is 21.3. The summed E-state index contributed by atoms with van der Waals surface area (Å²) >= 11 is 0. The van der Waals surface area contributed by atoms with E-state index in [0.717, 1.165) is 0 Å². The molecule has 1 spiro atoms. The van der Waals surface area contributed by atoms with Gasteiger partial charge in [-0.1, -0.05) is 18.2 Å². The van der Waals surface area contributed by atoms with Crippen LogP contribution in [-0.2, 0) is 38.7 Å². The molecule has 3 rings (SSSR count). The number of anilines is 1. The van der Waals surface area contributed by atoms with Crippen molar-refractivity contribution >= 4 is 23.6 Å². The monoisotopic (exact) mass is 402 g/mol. The second-order valence-electron chi connectivity index (χ2n) is 6.53. The maximum Gasteiger partial charge on any atom is 0.339 e. The first-order valence-corrected chi connectivity index (χ1v) is 8.83. The molecule has 1 aromatic rings. The Morgan fingerprint density at radius 1 is 1.14 bits per heavy atom. The molecule has 29 heavy (non-hydrogen) atoms. The Kier molecular flexibility index (Phi) is 5.34. The van der Waals surface area contributed by atoms with Crippen molar-refractivity contribution in [1.29, 1.82) is 0 Å². The summed E-state index contributed by atoms with van der Waals surface area (Å²) < 4.78 is 20.4. The number of esters is 3. The number of rotatable bonds is 5. The Hall–Kier alpha value is -3.33. The lowest BCUT2D eigenvalue weighted by atomic mass is 9.66. The SMILES string of the molecule is COCCOC(=O)C1=C(C)OC(=O)[C@]12C(C(=O)OC)=C(N)N(C)c1ccccc12. The number of cyclic esters (lactones) is 1. The smallest absolute Gasteiger partial charge is 0.339 e. The summed E-state index contributed by atoms with van der Waals surface area (Å²) in [7, 11) is 4.29. The number of benzene rings is 1. The van der Waals surface area contributed by atoms with Crippen molar-refractivity contribution in [3.8, 4) is 0 Å². The van der Waals surface area contributed by atoms with Gasteiger partial charge in [0.15, 0.2) is 5.41 Å². The number of hydrogen-bond donors (Lipinski definition) is 1. The second kappa shape index (κ2) is 7.59. The van der Waals surface area contributed by atoms with Crippen molar-refractivity contribution in [2.45, 2.75) is 12.3 Å². The fourth-order valence-corrected chi connectivity index (χ4v) is 3.76. The van der Waals surface area contributed by atoms with E-state index in [1.807, 2.05) is 0 Å². The Morgan fingerprint density at radius 3 is 2.48 bits per heavy atom. The third kappa shape index (κ3) is 2.85. The van der Waals surface area contributed by atoms with Crippen LogP contribution in [0.3, 0.4) is 0 Å². The number of para-hydroxylation sites is 1. The third-order valence-electron chi connectivity index (χ3n) is 5.06. The van der Waals surface area contributed by atoms with E-state index < -0.39 is 23.3 Å². The highest BCUT2D eigenvalue weighted by molar-refractivity contribution is 6.16. The standard InChI is InChI=1S/C20H22N2O7/c1-11-14(18(24)28-10-9-26-3)20(19(25)29-11)12-7-5-6-8-13(12)22(2)16(21)15(20)17(23)27-4/h5-8H,9-10,21H2,1-4H3/t20-/m0/s1. The summed E-state index contributed by atoms with van der Waals surface area (Å²) in [5.41, 5.74) is 4.99. The highest BCUT2D eigenvalue weighted by Gasteiger charge is 2.63. The molecule has 0 bridgehead atoms. The predicted octanol–water partition coefficient (Wildman–Crippen LogP) is 0.738. The Labute approximate surface area is 167 Å². The van der Waals surface area contributed by atoms with E-state index in [2.05, 4.69) is 0 Å². The van der Waals surface area contributed by atoms with E-state index in [9.17, 15) is 14.4 Å². The summed E-state index contributed by atoms with van der Waals surface area (Å²) in [6.07, 6.45) is 0. The fraction of sp³-hybridized carbons (Fsp3) is 0.350. The molecule has 1 aromatic carbocycles. The lowest BCUT2D eigenvalue weighted by Gasteiger charge is -2.39. The largest absolute Gasteiger partial charge is 0.466 e. The van der Waals surface area contributed by atoms with Gasteiger partial charge in [-0.15, -0.1) is 0 Å². The van der Waals surface area contributed by atoms with Gasteiger partial charge in [-0.05, 0) is 13.0 Å². The fourth-order valence-electron chi connectivity index (χ4n) is 3.76. The molecule has 9 nitrogen and oxygen atoms in total. The van der Waals surface area contributed by atoms with Crippen LogP contribution < -0.4 is 10.6 Å². The summed E-state index contributed by atoms with van der Waals surface area (Å²) in [6, 6.07) is 6.82. The van der Waals surface area contributed by atoms with Crippen LogP contribution in [0.15, 0.2) is 47.0 Å². The van der Waals surface area contributed by atoms with E-state index in [1.165, 1.54) is 21.1 Å². The molecule has 2 aliphatic heterocycles. The number of allylic oxidation sites excluding steroid dienone is 1. The third-order valence-corrected chi connectivity index (χ3v) is 5.06. The molecule has 2 aliphatic rings. The first kappa shape index (κ1) is 20.4. The van der Waals surface area contributed by atoms with Crippen molar-refractivity contribution in [3.63, 3.8) is 0 Å². The zero-order valence-electron chi connectivity index (χ0n) is 16.6. The molecular weight excluding hydrogens is 380 g/mol. The van der Waals surface area contributed by atoms with Crippen molar-refractivity contribution in [1.82, 2.24) is 0 Å². The van der Waals surface area contributed by atoms with Gasteiger partial charge in [-0.2, -0.15) is 0 Å². The van der Waals surface area contributed by atoms with Crippen molar-refractivity contribution in [2.24, 2.45) is 5.73 Å². The van der Waals surface area contributed by atoms with E-state index >= 15 is 0 Å². The molecule has 9 heteroatoms. The van der Waals surface area contributed by atoms with Gasteiger partial charge in [-0.3, -0.25) is 0 Å². The summed E-state index contributed by atoms with van der Waals surface area (Å²) in [5.74, 6) is -2.47. The van der Waals surface area contributed by atoms with E-state index in [-0.39, 0.29) is 35.9 Å². The number of nitrogens with zero attached hydrogens (tertiary/aromatic N) is 1. The van der Waals surface area contributed by atoms with Gasteiger partial charge >= 0.3 is 17.9 Å². The van der Waals surface area contributed by atoms with Crippen LogP contribution in [0.2, 0.25) is 0 Å². The molecule has 0 radical (unpaired) electrons. The number of methoxy groups -OCH3 is 2. The normalized spacial score (nSPS) is 20.7. The van der Waals surface area contributed by atoms with Gasteiger partial charge in [0.05, 0.1) is 13.7 Å². The average Bonchev–Trinajstić information content (AvgIpc) is 2.96. The molecule has 0 amide bonds. The molecule has 1 atom stereocenters. The van der Waals surface area contributed by atoms with Gasteiger partial charge in [0.2, 0.25) is 0 Å². The van der Waals surface area contributed by atoms with Crippen molar-refractivity contribution in [2.75, 3.05) is 39.4 Å². The molecule has 0 saturated heterocycles. The second-order valence-corrected chi connectivity index (χ2v) is 6.53. The maximum absolute atomic E-state index is 13.2. The Balaban J connectivity index is 2.32. The molecular formula is C20H22N2O7. The van der Waals surface area contributed by atoms with Crippen LogP contribution in [0.25, 0.3) is 0 Å². The summed E-state index contributed by atoms with van der Waals surface area (Å²) in [4.78, 5) is 40.6. The molecule has 2 heterocycles. The number of fused-ring (bicyclic) bond motifs is 2. The number of carbonyl (C=O) groups is 3. The van der Waals surface area contributed by atoms with Gasteiger partial charge in [0.25, 0.3) is 0 Å². The number of carbonyl (C=O) groups excluding carboxylic acids is 3. The molecule has 2 N–H and O–H groups in total. The lowest BCUT2D eigenvalue weighted by Crippen LogP contribution is -2.49. The topological polar surface area (TPSA) is 117 Å². The molecule has 0 aromatic heterocycles. The van der Waals surface area contributed by atoms with Crippen molar-refractivity contribution < 1.29 is 33.3 Å². The van der Waals surface area contributed by atoms with Crippen LogP contribution >= 0.6 is 0 Å². The lowest BCUT2D eigenvalue weighted by molar-refractivity contribution is -0.146. The first-order valence-electron chi connectivity index (χ1n) is 8.83. The average molecular weight is 402 g/mol. The molecule has 0 unspecified atom stereocenters. The predicted molar refractivity (Wildman–Crippen MR) is 101 cm³/mol. The van der Waals surface area contributed by atoms with Crippen LogP contribution in [0, 0.1) is 0 Å². The number of nitrogens with two attached hydrogens (primary N) is 1. The first-order chi connectivity index (χ1) is 13.8. The highest BCUT2D eigenvalue weighted by Crippen LogP contribution is 2.53. The number of ether oxygens (including phenoxy) is 4. The van der Waals surface area contributed by atoms with Crippen LogP contribution in [0.4, 0.5) is 5.69 Å². The van der Waals surface area contributed by atoms with E-state index in [1.54, 1.807) is 36.2 Å². The summed E-state index contributed by atoms with van der Waals surface area (Å²) in [5, 5.41) is 0. The Bertz CT molecular complexity index is 950. The molecule has 154 valence electrons. The molecule has 0 saturated carbocycles. The Morgan fingerprint density at radius 2 is 1.83 bits per heavy atom. The van der Waals surface area contributed by atoms with Gasteiger partial charge < -0.3 is 29.6 Å². The minimum Gasteiger partial charge on any atom is -0.466 e. The minimum atomic E-state index is -1.89. The van der Waals surface area contributed by atoms with Gasteiger partial charge in [-0.25, -0.2) is 14.4 Å². The molecule has 0 aliphatic carbocycles. The van der Waals surface area contributed by atoms with Gasteiger partial charge in [0, 0.05) is 25.4 Å². The number of hydrogen-bond acceptors (Lipinski definition) is 9. The summed E-state index contributed by atoms with van der Waals surface area (Å²) in [6.45, 7) is 1.59. The van der Waals surface area contributed by atoms with Gasteiger partial charge in [0.1, 0.15) is 29.3 Å². The quantitative estimate of drug-likeness (QED) is 0.432.